The molecule has 2 aromatic rings. The number of nitrogens with one attached hydrogen (secondary N) is 1. The van der Waals surface area contributed by atoms with E-state index >= 15 is 0 Å². The Bertz CT molecular complexity index is 1080. The molecule has 1 amide bonds. The molecule has 0 fully saturated rings. The number of carbonyl (C=O) groups is 1. The van der Waals surface area contributed by atoms with Gasteiger partial charge >= 0.3 is 0 Å². The van der Waals surface area contributed by atoms with Gasteiger partial charge in [-0.1, -0.05) is 6.07 Å². The molecule has 160 valence electrons. The van der Waals surface area contributed by atoms with Crippen LogP contribution >= 0.6 is 0 Å². The summed E-state index contributed by atoms with van der Waals surface area (Å²) in [6.45, 7) is 4.27. The van der Waals surface area contributed by atoms with E-state index in [4.69, 9.17) is 4.74 Å². The van der Waals surface area contributed by atoms with Crippen molar-refractivity contribution in [3.8, 4) is 5.75 Å². The van der Waals surface area contributed by atoms with Crippen molar-refractivity contribution in [1.29, 1.82) is 0 Å². The van der Waals surface area contributed by atoms with Gasteiger partial charge in [0.05, 0.1) is 22.6 Å². The van der Waals surface area contributed by atoms with Gasteiger partial charge in [0.2, 0.25) is 0 Å². The van der Waals surface area contributed by atoms with Gasteiger partial charge in [-0.25, -0.2) is 13.8 Å². The average Bonchev–Trinajstić information content (AvgIpc) is 2.70. The maximum absolute atomic E-state index is 13.3. The van der Waals surface area contributed by atoms with Gasteiger partial charge in [-0.15, -0.1) is 0 Å². The van der Waals surface area contributed by atoms with Crippen LogP contribution in [0, 0.1) is 17.0 Å². The molecule has 0 aliphatic carbocycles. The van der Waals surface area contributed by atoms with Crippen molar-refractivity contribution in [1.82, 2.24) is 5.43 Å². The number of aryl methyl sites for hydroxylation is 1. The van der Waals surface area contributed by atoms with E-state index in [1.807, 2.05) is 0 Å². The Morgan fingerprint density at radius 2 is 1.83 bits per heavy atom. The maximum atomic E-state index is 13.3. The molecule has 0 spiro atoms. The highest BCUT2D eigenvalue weighted by molar-refractivity contribution is 7.92. The number of benzene rings is 2. The highest BCUT2D eigenvalue weighted by Gasteiger charge is 2.29. The second-order valence-electron chi connectivity index (χ2n) is 6.51. The molecule has 0 aliphatic heterocycles. The number of hydrogen-bond acceptors (Lipinski definition) is 7. The first-order valence-corrected chi connectivity index (χ1v) is 10.2. The van der Waals surface area contributed by atoms with Gasteiger partial charge in [0.1, 0.15) is 12.3 Å². The van der Waals surface area contributed by atoms with E-state index in [9.17, 15) is 23.3 Å². The zero-order chi connectivity index (χ0) is 22.5. The zero-order valence-electron chi connectivity index (χ0n) is 16.9. The molecule has 11 heteroatoms. The third-order valence-electron chi connectivity index (χ3n) is 4.02. The summed E-state index contributed by atoms with van der Waals surface area (Å²) in [5.41, 5.74) is 3.03. The number of hydrazone groups is 1. The van der Waals surface area contributed by atoms with Gasteiger partial charge in [-0.3, -0.25) is 19.2 Å². The van der Waals surface area contributed by atoms with Gasteiger partial charge in [-0.2, -0.15) is 5.10 Å². The predicted octanol–water partition coefficient (Wildman–Crippen LogP) is 2.62. The molecule has 30 heavy (non-hydrogen) atoms. The van der Waals surface area contributed by atoms with Crippen LogP contribution in [0.4, 0.5) is 11.4 Å². The van der Waals surface area contributed by atoms with Crippen LogP contribution in [0.3, 0.4) is 0 Å². The summed E-state index contributed by atoms with van der Waals surface area (Å²) in [6.07, 6.45) is 0. The standard InChI is InChI=1S/C19H22N4O6S/c1-13(2)20-21-19(24)12-22(15-6-8-16(29-4)9-7-15)30(27,28)17-10-5-14(3)18(11-17)23(25)26/h5-11H,12H2,1-4H3,(H,21,24). The molecule has 0 aromatic heterocycles. The van der Waals surface area contributed by atoms with Crippen LogP contribution in [0.5, 0.6) is 5.75 Å². The van der Waals surface area contributed by atoms with E-state index in [2.05, 4.69) is 10.5 Å². The van der Waals surface area contributed by atoms with Gasteiger partial charge in [0.15, 0.2) is 0 Å². The Morgan fingerprint density at radius 1 is 1.20 bits per heavy atom. The van der Waals surface area contributed by atoms with E-state index in [0.29, 0.717) is 17.0 Å². The predicted molar refractivity (Wildman–Crippen MR) is 112 cm³/mol. The number of amides is 1. The summed E-state index contributed by atoms with van der Waals surface area (Å²) in [5, 5.41) is 15.0. The minimum atomic E-state index is -4.30. The molecule has 1 N–H and O–H groups in total. The number of rotatable bonds is 8. The Balaban J connectivity index is 2.53. The van der Waals surface area contributed by atoms with Crippen LogP contribution in [0.1, 0.15) is 19.4 Å². The van der Waals surface area contributed by atoms with Crippen LogP contribution in [0.2, 0.25) is 0 Å². The van der Waals surface area contributed by atoms with Crippen molar-refractivity contribution >= 4 is 33.0 Å². The average molecular weight is 434 g/mol. The quantitative estimate of drug-likeness (QED) is 0.386. The first-order valence-electron chi connectivity index (χ1n) is 8.78. The first-order chi connectivity index (χ1) is 14.1. The van der Waals surface area contributed by atoms with E-state index < -0.39 is 27.4 Å². The zero-order valence-corrected chi connectivity index (χ0v) is 17.8. The SMILES string of the molecule is COc1ccc(N(CC(=O)NN=C(C)C)S(=O)(=O)c2ccc(C)c([N+](=O)[O-])c2)cc1. The number of hydrogen-bond donors (Lipinski definition) is 1. The molecule has 0 aliphatic rings. The van der Waals surface area contributed by atoms with Gasteiger partial charge in [0, 0.05) is 17.3 Å². The highest BCUT2D eigenvalue weighted by atomic mass is 32.2. The largest absolute Gasteiger partial charge is 0.497 e. The van der Waals surface area contributed by atoms with E-state index in [1.54, 1.807) is 26.0 Å². The first kappa shape index (κ1) is 22.8. The lowest BCUT2D eigenvalue weighted by Gasteiger charge is -2.24. The molecule has 0 saturated carbocycles. The fourth-order valence-electron chi connectivity index (χ4n) is 2.48. The van der Waals surface area contributed by atoms with Gasteiger partial charge in [0.25, 0.3) is 21.6 Å². The molecule has 2 aromatic carbocycles. The van der Waals surface area contributed by atoms with E-state index in [0.717, 1.165) is 10.4 Å². The van der Waals surface area contributed by atoms with Crippen molar-refractivity contribution in [2.45, 2.75) is 25.7 Å². The molecule has 0 saturated heterocycles. The topological polar surface area (TPSA) is 131 Å². The van der Waals surface area contributed by atoms with Crippen molar-refractivity contribution in [2.75, 3.05) is 18.0 Å². The fourth-order valence-corrected chi connectivity index (χ4v) is 3.92. The van der Waals surface area contributed by atoms with Crippen LogP contribution in [-0.2, 0) is 14.8 Å². The second kappa shape index (κ2) is 9.35. The summed E-state index contributed by atoms with van der Waals surface area (Å²) in [5.74, 6) is -0.171. The number of anilines is 1. The fraction of sp³-hybridized carbons (Fsp3) is 0.263. The van der Waals surface area contributed by atoms with Crippen LogP contribution in [0.15, 0.2) is 52.5 Å². The lowest BCUT2D eigenvalue weighted by atomic mass is 10.2. The number of nitro benzene ring substituents is 1. The minimum absolute atomic E-state index is 0.186. The monoisotopic (exact) mass is 434 g/mol. The molecular formula is C19H22N4O6S. The van der Waals surface area contributed by atoms with Crippen molar-refractivity contribution in [3.63, 3.8) is 0 Å². The van der Waals surface area contributed by atoms with Gasteiger partial charge in [-0.05, 0) is 51.1 Å². The molecule has 0 unspecified atom stereocenters. The third-order valence-corrected chi connectivity index (χ3v) is 5.79. The molecule has 0 heterocycles. The second-order valence-corrected chi connectivity index (χ2v) is 8.37. The van der Waals surface area contributed by atoms with Crippen LogP contribution < -0.4 is 14.5 Å². The maximum Gasteiger partial charge on any atom is 0.273 e. The number of sulfonamides is 1. The summed E-state index contributed by atoms with van der Waals surface area (Å²) < 4.78 is 32.5. The molecule has 2 rings (SSSR count). The number of nitrogens with zero attached hydrogens (tertiary/aromatic N) is 3. The Hall–Kier alpha value is -3.47. The smallest absolute Gasteiger partial charge is 0.273 e. The van der Waals surface area contributed by atoms with Gasteiger partial charge < -0.3 is 4.74 Å². The Labute approximate surface area is 174 Å². The lowest BCUT2D eigenvalue weighted by molar-refractivity contribution is -0.385. The number of ether oxygens (including phenoxy) is 1. The molecule has 0 radical (unpaired) electrons. The number of carbonyl (C=O) groups excluding carboxylic acids is 1. The van der Waals surface area contributed by atoms with Crippen molar-refractivity contribution in [2.24, 2.45) is 5.10 Å². The summed E-state index contributed by atoms with van der Waals surface area (Å²) in [6, 6.07) is 9.63. The van der Waals surface area contributed by atoms with Crippen molar-refractivity contribution < 1.29 is 22.9 Å². The summed E-state index contributed by atoms with van der Waals surface area (Å²) in [4.78, 5) is 22.6. The summed E-state index contributed by atoms with van der Waals surface area (Å²) in [7, 11) is -2.84. The molecule has 10 nitrogen and oxygen atoms in total. The number of nitro groups is 1. The molecule has 0 atom stereocenters. The summed E-state index contributed by atoms with van der Waals surface area (Å²) >= 11 is 0. The van der Waals surface area contributed by atoms with Crippen LogP contribution in [-0.4, -0.2) is 38.6 Å². The number of methoxy groups -OCH3 is 1. The van der Waals surface area contributed by atoms with E-state index in [-0.39, 0.29) is 16.3 Å². The normalized spacial score (nSPS) is 10.8. The Morgan fingerprint density at radius 3 is 2.37 bits per heavy atom. The molecular weight excluding hydrogens is 412 g/mol. The molecule has 0 bridgehead atoms. The minimum Gasteiger partial charge on any atom is -0.497 e. The van der Waals surface area contributed by atoms with Crippen LogP contribution in [0.25, 0.3) is 0 Å². The lowest BCUT2D eigenvalue weighted by Crippen LogP contribution is -2.39. The Kier molecular flexibility index (Phi) is 7.11. The highest BCUT2D eigenvalue weighted by Crippen LogP contribution is 2.28. The van der Waals surface area contributed by atoms with Crippen molar-refractivity contribution in [3.05, 3.63) is 58.1 Å². The third kappa shape index (κ3) is 5.32. The van der Waals surface area contributed by atoms with E-state index in [1.165, 1.54) is 38.3 Å².